The molecule has 10 rings (SSSR count). The maximum Gasteiger partial charge on any atom is 0.0716 e. The third kappa shape index (κ3) is 8.20. The molecule has 4 bridgehead atoms. The van der Waals surface area contributed by atoms with Crippen LogP contribution in [-0.2, 0) is 18.3 Å². The van der Waals surface area contributed by atoms with Crippen LogP contribution < -0.4 is 17.2 Å². The second-order valence-corrected chi connectivity index (χ2v) is 16.5. The van der Waals surface area contributed by atoms with Crippen molar-refractivity contribution in [1.82, 2.24) is 0 Å². The van der Waals surface area contributed by atoms with Crippen LogP contribution in [0.15, 0.2) is 213 Å². The van der Waals surface area contributed by atoms with Gasteiger partial charge in [0.05, 0.1) is 11.5 Å². The maximum absolute atomic E-state index is 6.97. The quantitative estimate of drug-likeness (QED) is 0.111. The Morgan fingerprint density at radius 2 is 1.20 bits per heavy atom. The van der Waals surface area contributed by atoms with Crippen LogP contribution in [-0.4, -0.2) is 7.05 Å². The first kappa shape index (κ1) is 43.4. The summed E-state index contributed by atoms with van der Waals surface area (Å²) >= 11 is 0. The number of allylic oxidation sites excluding steroid dienone is 4. The van der Waals surface area contributed by atoms with Crippen molar-refractivity contribution < 1.29 is 0 Å². The average Bonchev–Trinajstić information content (AvgIpc) is 3.65. The van der Waals surface area contributed by atoms with Crippen LogP contribution in [0.2, 0.25) is 0 Å². The zero-order valence-corrected chi connectivity index (χ0v) is 37.1. The Morgan fingerprint density at radius 3 is 1.95 bits per heavy atom. The molecule has 2 aliphatic rings. The molecule has 0 saturated carbocycles. The fraction of sp³-hybridized carbons (Fsp3) is 0.115. The number of rotatable bonds is 7. The summed E-state index contributed by atoms with van der Waals surface area (Å²) in [5.74, 6) is 0. The summed E-state index contributed by atoms with van der Waals surface area (Å²) in [5.41, 5.74) is 39.6. The molecule has 1 spiro atoms. The van der Waals surface area contributed by atoms with Gasteiger partial charge in [-0.3, -0.25) is 0 Å². The molecule has 0 fully saturated rings. The van der Waals surface area contributed by atoms with Gasteiger partial charge in [0.15, 0.2) is 0 Å². The molecule has 3 nitrogen and oxygen atoms in total. The number of hydrogen-bond donors (Lipinski definition) is 3. The number of nitrogen functional groups attached to an aromatic ring is 1. The third-order valence-corrected chi connectivity index (χ3v) is 12.8. The molecule has 0 radical (unpaired) electrons. The van der Waals surface area contributed by atoms with Gasteiger partial charge < -0.3 is 17.2 Å². The fourth-order valence-corrected chi connectivity index (χ4v) is 9.73. The number of anilines is 1. The highest BCUT2D eigenvalue weighted by molar-refractivity contribution is 5.95. The highest BCUT2D eigenvalue weighted by Crippen LogP contribution is 2.59. The van der Waals surface area contributed by atoms with Gasteiger partial charge in [0, 0.05) is 11.3 Å². The number of nitrogens with two attached hydrogens (primary N) is 3. The standard InChI is InChI=1S/C53H44N2.C7H8.CH5N/c1-3-4-5-6-15-38-16-7-8-19-43(38)45-32-31-41(34-50(45)54)52(55)40-29-27-39(28-30-40)44-21-13-24-49-51(44)46-20-9-10-22-48(46)53(49)42-18-11-14-36(33-42)25-26-37-17-12-23-47(53)35(37)2;1-7-5-3-2-4-6-7;1-2/h3-24,27-34,52H,1,25-26,54-55H2,2H3;2-6H,1H3;2H2,1H3/b5-4-,15-6-;;. The van der Waals surface area contributed by atoms with E-state index in [-0.39, 0.29) is 6.04 Å². The largest absolute Gasteiger partial charge is 0.398 e. The fourth-order valence-electron chi connectivity index (χ4n) is 9.73. The summed E-state index contributed by atoms with van der Waals surface area (Å²) in [6.45, 7) is 8.16. The zero-order chi connectivity index (χ0) is 44.6. The molecule has 0 saturated heterocycles. The number of aryl methyl sites for hydroxylation is 3. The SMILES string of the molecule is C=C/C=C\C=C/c1ccccc1-c1ccc(C(N)c2ccc(-c3cccc4c3-c3ccccc3C43c4cccc(c4)CCc4cccc3c4C)cc2)cc1N.CN.Cc1ccccc1. The van der Waals surface area contributed by atoms with E-state index in [2.05, 4.69) is 178 Å². The molecule has 316 valence electrons. The molecule has 0 amide bonds. The summed E-state index contributed by atoms with van der Waals surface area (Å²) < 4.78 is 0. The minimum absolute atomic E-state index is 0.323. The van der Waals surface area contributed by atoms with Gasteiger partial charge in [-0.1, -0.05) is 218 Å². The average molecular weight is 832 g/mol. The molecule has 8 aromatic rings. The first-order valence-corrected chi connectivity index (χ1v) is 22.2. The Labute approximate surface area is 380 Å². The Morgan fingerprint density at radius 1 is 0.547 bits per heavy atom. The summed E-state index contributed by atoms with van der Waals surface area (Å²) in [4.78, 5) is 0. The summed E-state index contributed by atoms with van der Waals surface area (Å²) in [6, 6.07) is 65.5. The number of fused-ring (bicyclic) bond motifs is 11. The molecule has 0 heterocycles. The lowest BCUT2D eigenvalue weighted by Gasteiger charge is -2.35. The van der Waals surface area contributed by atoms with Crippen molar-refractivity contribution in [2.24, 2.45) is 11.5 Å². The zero-order valence-electron chi connectivity index (χ0n) is 37.1. The van der Waals surface area contributed by atoms with E-state index in [4.69, 9.17) is 11.5 Å². The summed E-state index contributed by atoms with van der Waals surface area (Å²) in [5, 5.41) is 0. The van der Waals surface area contributed by atoms with Gasteiger partial charge in [0.1, 0.15) is 0 Å². The molecule has 64 heavy (non-hydrogen) atoms. The van der Waals surface area contributed by atoms with Crippen LogP contribution in [0.5, 0.6) is 0 Å². The molecule has 2 atom stereocenters. The summed E-state index contributed by atoms with van der Waals surface area (Å²) in [7, 11) is 1.50. The smallest absolute Gasteiger partial charge is 0.0716 e. The van der Waals surface area contributed by atoms with Crippen molar-refractivity contribution in [1.29, 1.82) is 0 Å². The van der Waals surface area contributed by atoms with Gasteiger partial charge in [-0.05, 0) is 123 Å². The first-order chi connectivity index (χ1) is 31.4. The van der Waals surface area contributed by atoms with Crippen molar-refractivity contribution in [3.05, 3.63) is 274 Å². The predicted molar refractivity (Wildman–Crippen MR) is 273 cm³/mol. The third-order valence-electron chi connectivity index (χ3n) is 12.8. The van der Waals surface area contributed by atoms with E-state index in [0.717, 1.165) is 40.7 Å². The highest BCUT2D eigenvalue weighted by Gasteiger charge is 2.48. The molecule has 2 aliphatic carbocycles. The second-order valence-electron chi connectivity index (χ2n) is 16.5. The van der Waals surface area contributed by atoms with E-state index in [1.165, 1.54) is 73.8 Å². The Bertz CT molecular complexity index is 2970. The van der Waals surface area contributed by atoms with Crippen LogP contribution in [0.3, 0.4) is 0 Å². The number of benzene rings is 8. The van der Waals surface area contributed by atoms with Crippen molar-refractivity contribution in [2.45, 2.75) is 38.1 Å². The first-order valence-electron chi connectivity index (χ1n) is 22.2. The molecule has 8 aromatic carbocycles. The lowest BCUT2D eigenvalue weighted by atomic mass is 9.66. The summed E-state index contributed by atoms with van der Waals surface area (Å²) in [6.07, 6.45) is 11.8. The van der Waals surface area contributed by atoms with Crippen LogP contribution in [0.4, 0.5) is 5.69 Å². The van der Waals surface area contributed by atoms with E-state index in [1.807, 2.05) is 54.6 Å². The molecule has 6 N–H and O–H groups in total. The van der Waals surface area contributed by atoms with E-state index in [0.29, 0.717) is 5.69 Å². The van der Waals surface area contributed by atoms with E-state index in [9.17, 15) is 0 Å². The Balaban J connectivity index is 0.000000563. The molecular formula is C61H57N3. The van der Waals surface area contributed by atoms with Crippen LogP contribution in [0.1, 0.15) is 67.2 Å². The minimum Gasteiger partial charge on any atom is -0.398 e. The van der Waals surface area contributed by atoms with Gasteiger partial charge in [-0.2, -0.15) is 0 Å². The van der Waals surface area contributed by atoms with Crippen molar-refractivity contribution in [3.63, 3.8) is 0 Å². The van der Waals surface area contributed by atoms with Crippen molar-refractivity contribution in [2.75, 3.05) is 12.8 Å². The second kappa shape index (κ2) is 19.4. The molecule has 3 heteroatoms. The van der Waals surface area contributed by atoms with Gasteiger partial charge in [-0.15, -0.1) is 0 Å². The molecule has 2 unspecified atom stereocenters. The van der Waals surface area contributed by atoms with Gasteiger partial charge >= 0.3 is 0 Å². The maximum atomic E-state index is 6.97. The predicted octanol–water partition coefficient (Wildman–Crippen LogP) is 13.7. The van der Waals surface area contributed by atoms with Crippen LogP contribution >= 0.6 is 0 Å². The molecule has 0 aromatic heterocycles. The van der Waals surface area contributed by atoms with Gasteiger partial charge in [0.2, 0.25) is 0 Å². The van der Waals surface area contributed by atoms with Crippen molar-refractivity contribution >= 4 is 11.8 Å². The van der Waals surface area contributed by atoms with Gasteiger partial charge in [-0.25, -0.2) is 0 Å². The lowest BCUT2D eigenvalue weighted by Crippen LogP contribution is -2.29. The van der Waals surface area contributed by atoms with Crippen LogP contribution in [0.25, 0.3) is 39.5 Å². The highest BCUT2D eigenvalue weighted by atomic mass is 14.6. The van der Waals surface area contributed by atoms with E-state index in [1.54, 1.807) is 6.08 Å². The minimum atomic E-state index is -0.421. The van der Waals surface area contributed by atoms with Crippen LogP contribution in [0, 0.1) is 13.8 Å². The number of hydrogen-bond acceptors (Lipinski definition) is 3. The van der Waals surface area contributed by atoms with Crippen molar-refractivity contribution in [3.8, 4) is 33.4 Å². The Hall–Kier alpha value is -7.30. The lowest BCUT2D eigenvalue weighted by molar-refractivity contribution is 0.760. The normalized spacial score (nSPS) is 14.8. The van der Waals surface area contributed by atoms with E-state index < -0.39 is 5.41 Å². The molecular weight excluding hydrogens is 775 g/mol. The monoisotopic (exact) mass is 831 g/mol. The Kier molecular flexibility index (Phi) is 13.1. The molecule has 0 aliphatic heterocycles. The topological polar surface area (TPSA) is 78.1 Å². The van der Waals surface area contributed by atoms with E-state index >= 15 is 0 Å². The van der Waals surface area contributed by atoms with Gasteiger partial charge in [0.25, 0.3) is 0 Å².